The predicted octanol–water partition coefficient (Wildman–Crippen LogP) is 5.48. The summed E-state index contributed by atoms with van der Waals surface area (Å²) in [6.45, 7) is 7.87. The van der Waals surface area contributed by atoms with Crippen LogP contribution in [0, 0.1) is 6.92 Å². The van der Waals surface area contributed by atoms with Crippen LogP contribution in [-0.2, 0) is 17.3 Å². The SMILES string of the molecule is Cc1cccc(C[C@@H](O[Si@@]2(C(C)(C)C)CCCc3ccccc32)C(F)(F)F)n1. The highest BCUT2D eigenvalue weighted by Crippen LogP contribution is 2.45. The molecule has 2 heterocycles. The molecule has 3 rings (SSSR count). The van der Waals surface area contributed by atoms with Crippen LogP contribution in [0.4, 0.5) is 13.2 Å². The first-order valence-corrected chi connectivity index (χ1v) is 11.9. The highest BCUT2D eigenvalue weighted by Gasteiger charge is 2.55. The van der Waals surface area contributed by atoms with Gasteiger partial charge in [-0.25, -0.2) is 0 Å². The molecule has 0 unspecified atom stereocenters. The Balaban J connectivity index is 2.04. The smallest absolute Gasteiger partial charge is 0.400 e. The first-order valence-electron chi connectivity index (χ1n) is 9.78. The number of nitrogens with zero attached hydrogens (tertiary/aromatic N) is 1. The minimum absolute atomic E-state index is 0.252. The van der Waals surface area contributed by atoms with E-state index in [4.69, 9.17) is 4.43 Å². The third kappa shape index (κ3) is 4.18. The van der Waals surface area contributed by atoms with Crippen LogP contribution >= 0.6 is 0 Å². The topological polar surface area (TPSA) is 22.1 Å². The Bertz CT molecular complexity index is 831. The third-order valence-corrected chi connectivity index (χ3v) is 11.2. The van der Waals surface area contributed by atoms with E-state index in [1.54, 1.807) is 25.1 Å². The molecule has 2 aromatic rings. The van der Waals surface area contributed by atoms with Crippen LogP contribution in [0.5, 0.6) is 0 Å². The highest BCUT2D eigenvalue weighted by atomic mass is 28.4. The Morgan fingerprint density at radius 2 is 1.79 bits per heavy atom. The molecule has 2 atom stereocenters. The number of alkyl halides is 3. The van der Waals surface area contributed by atoms with E-state index in [2.05, 4.69) is 4.98 Å². The molecular formula is C22H28F3NOSi. The number of hydrogen-bond acceptors (Lipinski definition) is 2. The van der Waals surface area contributed by atoms with Crippen molar-refractivity contribution in [2.75, 3.05) is 0 Å². The molecule has 0 saturated carbocycles. The summed E-state index contributed by atoms with van der Waals surface area (Å²) in [5, 5.41) is 0.674. The van der Waals surface area contributed by atoms with Gasteiger partial charge >= 0.3 is 6.18 Å². The Labute approximate surface area is 166 Å². The fourth-order valence-corrected chi connectivity index (χ4v) is 9.14. The molecule has 6 heteroatoms. The van der Waals surface area contributed by atoms with Crippen molar-refractivity contribution < 1.29 is 17.6 Å². The highest BCUT2D eigenvalue weighted by molar-refractivity contribution is 6.89. The van der Waals surface area contributed by atoms with Crippen molar-refractivity contribution in [2.24, 2.45) is 0 Å². The van der Waals surface area contributed by atoms with Gasteiger partial charge in [0.1, 0.15) is 6.10 Å². The zero-order valence-corrected chi connectivity index (χ0v) is 17.9. The van der Waals surface area contributed by atoms with Crippen LogP contribution in [0.15, 0.2) is 42.5 Å². The molecule has 1 aromatic carbocycles. The van der Waals surface area contributed by atoms with Gasteiger partial charge in [-0.1, -0.05) is 51.1 Å². The minimum Gasteiger partial charge on any atom is -0.400 e. The molecule has 0 spiro atoms. The summed E-state index contributed by atoms with van der Waals surface area (Å²) in [7, 11) is -2.89. The summed E-state index contributed by atoms with van der Waals surface area (Å²) in [4.78, 5) is 4.28. The predicted molar refractivity (Wildman–Crippen MR) is 108 cm³/mol. The van der Waals surface area contributed by atoms with Crippen molar-refractivity contribution in [2.45, 2.75) is 70.3 Å². The van der Waals surface area contributed by atoms with E-state index in [9.17, 15) is 13.2 Å². The van der Waals surface area contributed by atoms with Crippen molar-refractivity contribution >= 4 is 13.5 Å². The lowest BCUT2D eigenvalue weighted by Crippen LogP contribution is -2.63. The van der Waals surface area contributed by atoms with E-state index < -0.39 is 20.6 Å². The van der Waals surface area contributed by atoms with Crippen molar-refractivity contribution in [3.63, 3.8) is 0 Å². The van der Waals surface area contributed by atoms with Crippen LogP contribution in [0.25, 0.3) is 0 Å². The molecule has 0 bridgehead atoms. The second-order valence-electron chi connectivity index (χ2n) is 8.71. The lowest BCUT2D eigenvalue weighted by Gasteiger charge is -2.47. The van der Waals surface area contributed by atoms with Gasteiger partial charge in [0.15, 0.2) is 0 Å². The number of benzene rings is 1. The summed E-state index contributed by atoms with van der Waals surface area (Å²) in [5.74, 6) is 0. The maximum absolute atomic E-state index is 14.1. The van der Waals surface area contributed by atoms with E-state index in [1.807, 2.05) is 45.0 Å². The van der Waals surface area contributed by atoms with Crippen LogP contribution in [0.2, 0.25) is 11.1 Å². The van der Waals surface area contributed by atoms with Crippen molar-refractivity contribution in [1.82, 2.24) is 4.98 Å². The largest absolute Gasteiger partial charge is 0.413 e. The fraction of sp³-hybridized carbons (Fsp3) is 0.500. The number of pyridine rings is 1. The van der Waals surface area contributed by atoms with Gasteiger partial charge in [0, 0.05) is 17.8 Å². The number of hydrogen-bond donors (Lipinski definition) is 0. The molecule has 0 aliphatic carbocycles. The molecule has 0 fully saturated rings. The normalized spacial score (nSPS) is 21.2. The average molecular weight is 408 g/mol. The van der Waals surface area contributed by atoms with Gasteiger partial charge in [-0.05, 0) is 53.7 Å². The summed E-state index contributed by atoms with van der Waals surface area (Å²) in [6.07, 6.45) is -4.77. The fourth-order valence-electron chi connectivity index (χ4n) is 4.24. The molecule has 2 nitrogen and oxygen atoms in total. The maximum atomic E-state index is 14.1. The molecule has 1 aromatic heterocycles. The van der Waals surface area contributed by atoms with Gasteiger partial charge in [-0.2, -0.15) is 13.2 Å². The standard InChI is InChI=1S/C22H28F3NOSi/c1-16-9-7-12-18(26-16)15-20(22(23,24)25)27-28(21(2,3)4)14-8-11-17-10-5-6-13-19(17)28/h5-7,9-10,12-13,20H,8,11,14-15H2,1-4H3/t20-,28+/m1/s1. The number of aryl methyl sites for hydroxylation is 2. The number of halogens is 3. The number of fused-ring (bicyclic) bond motifs is 1. The van der Waals surface area contributed by atoms with Gasteiger partial charge in [-0.15, -0.1) is 0 Å². The Hall–Kier alpha value is -1.66. The quantitative estimate of drug-likeness (QED) is 0.626. The molecule has 152 valence electrons. The lowest BCUT2D eigenvalue weighted by atomic mass is 10.1. The second-order valence-corrected chi connectivity index (χ2v) is 13.1. The van der Waals surface area contributed by atoms with E-state index in [-0.39, 0.29) is 11.5 Å². The summed E-state index contributed by atoms with van der Waals surface area (Å²) < 4.78 is 48.4. The lowest BCUT2D eigenvalue weighted by molar-refractivity contribution is -0.198. The summed E-state index contributed by atoms with van der Waals surface area (Å²) in [6, 6.07) is 13.8. The molecule has 28 heavy (non-hydrogen) atoms. The van der Waals surface area contributed by atoms with Gasteiger partial charge in [0.25, 0.3) is 0 Å². The van der Waals surface area contributed by atoms with Gasteiger partial charge < -0.3 is 4.43 Å². The van der Waals surface area contributed by atoms with Crippen LogP contribution < -0.4 is 5.19 Å². The molecule has 0 saturated heterocycles. The first-order chi connectivity index (χ1) is 13.0. The monoisotopic (exact) mass is 407 g/mol. The minimum atomic E-state index is -4.44. The van der Waals surface area contributed by atoms with Gasteiger partial charge in [-0.3, -0.25) is 4.98 Å². The van der Waals surface area contributed by atoms with E-state index >= 15 is 0 Å². The molecule has 0 N–H and O–H groups in total. The molecule has 0 radical (unpaired) electrons. The number of rotatable bonds is 4. The van der Waals surface area contributed by atoms with Crippen LogP contribution in [0.3, 0.4) is 0 Å². The molecule has 0 amide bonds. The van der Waals surface area contributed by atoms with Gasteiger partial charge in [0.05, 0.1) is 0 Å². The molecular weight excluding hydrogens is 379 g/mol. The maximum Gasteiger partial charge on any atom is 0.413 e. The molecule has 1 aliphatic rings. The Morgan fingerprint density at radius 1 is 1.07 bits per heavy atom. The van der Waals surface area contributed by atoms with Crippen LogP contribution in [0.1, 0.15) is 44.1 Å². The Morgan fingerprint density at radius 3 is 2.43 bits per heavy atom. The summed E-state index contributed by atoms with van der Waals surface area (Å²) >= 11 is 0. The van der Waals surface area contributed by atoms with Gasteiger partial charge in [0.2, 0.25) is 8.32 Å². The molecule has 1 aliphatic heterocycles. The zero-order chi connectivity index (χ0) is 20.6. The van der Waals surface area contributed by atoms with Crippen molar-refractivity contribution in [3.8, 4) is 0 Å². The van der Waals surface area contributed by atoms with E-state index in [0.29, 0.717) is 17.4 Å². The third-order valence-electron chi connectivity index (χ3n) is 5.69. The van der Waals surface area contributed by atoms with Crippen LogP contribution in [-0.4, -0.2) is 25.6 Å². The average Bonchev–Trinajstić information content (AvgIpc) is 2.59. The second kappa shape index (κ2) is 7.63. The zero-order valence-electron chi connectivity index (χ0n) is 16.9. The number of aromatic nitrogens is 1. The van der Waals surface area contributed by atoms with E-state index in [1.165, 1.54) is 0 Å². The first kappa shape index (κ1) is 21.1. The summed E-state index contributed by atoms with van der Waals surface area (Å²) in [5.41, 5.74) is 2.28. The Kier molecular flexibility index (Phi) is 5.74. The van der Waals surface area contributed by atoms with Crippen molar-refractivity contribution in [3.05, 3.63) is 59.4 Å². The van der Waals surface area contributed by atoms with Crippen molar-refractivity contribution in [1.29, 1.82) is 0 Å². The van der Waals surface area contributed by atoms with E-state index in [0.717, 1.165) is 23.6 Å².